The number of thiol groups is 1. The van der Waals surface area contributed by atoms with Gasteiger partial charge in [-0.05, 0) is 6.42 Å². The normalized spacial score (nSPS) is 22.4. The number of hydrogen-bond donors (Lipinski definition) is 1. The third kappa shape index (κ3) is 3.19. The van der Waals surface area contributed by atoms with Gasteiger partial charge < -0.3 is 4.90 Å². The second-order valence-corrected chi connectivity index (χ2v) is 5.66. The van der Waals surface area contributed by atoms with Gasteiger partial charge in [-0.2, -0.15) is 12.6 Å². The van der Waals surface area contributed by atoms with Gasteiger partial charge in [0.05, 0.1) is 17.3 Å². The summed E-state index contributed by atoms with van der Waals surface area (Å²) in [6.45, 7) is 0.861. The molecule has 1 heterocycles. The number of hydrogen-bond acceptors (Lipinski definition) is 4. The molecule has 1 rings (SSSR count). The number of carbonyl (C=O) groups is 1. The molecular weight excluding hydrogens is 210 g/mol. The van der Waals surface area contributed by atoms with Gasteiger partial charge in [0.25, 0.3) is 0 Å². The van der Waals surface area contributed by atoms with E-state index < -0.39 is 9.84 Å². The van der Waals surface area contributed by atoms with Crippen molar-refractivity contribution >= 4 is 28.4 Å². The van der Waals surface area contributed by atoms with Gasteiger partial charge in [-0.3, -0.25) is 4.79 Å². The van der Waals surface area contributed by atoms with Crippen molar-refractivity contribution in [2.24, 2.45) is 0 Å². The van der Waals surface area contributed by atoms with Gasteiger partial charge in [0.2, 0.25) is 5.91 Å². The Bertz CT molecular complexity index is 286. The van der Waals surface area contributed by atoms with Crippen LogP contribution in [-0.4, -0.2) is 49.6 Å². The maximum atomic E-state index is 11.2. The fourth-order valence-electron chi connectivity index (χ4n) is 1.29. The Morgan fingerprint density at radius 3 is 2.62 bits per heavy atom. The molecule has 0 aromatic heterocycles. The molecule has 1 amide bonds. The molecule has 1 saturated heterocycles. The first kappa shape index (κ1) is 10.8. The summed E-state index contributed by atoms with van der Waals surface area (Å²) in [7, 11) is -2.91. The van der Waals surface area contributed by atoms with Gasteiger partial charge in [0.1, 0.15) is 0 Å². The first-order chi connectivity index (χ1) is 6.05. The third-order valence-electron chi connectivity index (χ3n) is 2.04. The molecule has 0 N–H and O–H groups in total. The lowest BCUT2D eigenvalue weighted by molar-refractivity contribution is -0.128. The van der Waals surface area contributed by atoms with Gasteiger partial charge >= 0.3 is 0 Å². The summed E-state index contributed by atoms with van der Waals surface area (Å²) in [5.41, 5.74) is 0. The summed E-state index contributed by atoms with van der Waals surface area (Å²) < 4.78 is 22.3. The highest BCUT2D eigenvalue weighted by atomic mass is 32.2. The zero-order valence-corrected chi connectivity index (χ0v) is 8.98. The number of rotatable bonds is 1. The molecule has 6 heteroatoms. The van der Waals surface area contributed by atoms with Crippen LogP contribution in [0.1, 0.15) is 6.42 Å². The summed E-state index contributed by atoms with van der Waals surface area (Å²) in [5.74, 6) is 0.357. The van der Waals surface area contributed by atoms with Crippen molar-refractivity contribution in [2.75, 3.05) is 30.3 Å². The van der Waals surface area contributed by atoms with Crippen molar-refractivity contribution in [2.45, 2.75) is 6.42 Å². The topological polar surface area (TPSA) is 54.5 Å². The standard InChI is InChI=1S/C7H13NO3S2/c9-7(6-12)8-2-1-4-13(10,11)5-3-8/h12H,1-6H2. The largest absolute Gasteiger partial charge is 0.341 e. The number of sulfone groups is 1. The predicted molar refractivity (Wildman–Crippen MR) is 53.7 cm³/mol. The van der Waals surface area contributed by atoms with Gasteiger partial charge in [-0.1, -0.05) is 0 Å². The molecule has 1 aliphatic rings. The van der Waals surface area contributed by atoms with Crippen molar-refractivity contribution in [3.8, 4) is 0 Å². The lowest BCUT2D eigenvalue weighted by atomic mass is 10.4. The maximum Gasteiger partial charge on any atom is 0.232 e. The SMILES string of the molecule is O=C(CS)N1CCCS(=O)(=O)CC1. The van der Waals surface area contributed by atoms with E-state index in [9.17, 15) is 13.2 Å². The van der Waals surface area contributed by atoms with Crippen molar-refractivity contribution in [3.05, 3.63) is 0 Å². The van der Waals surface area contributed by atoms with Crippen LogP contribution in [0.3, 0.4) is 0 Å². The van der Waals surface area contributed by atoms with E-state index in [0.29, 0.717) is 19.5 Å². The van der Waals surface area contributed by atoms with Crippen molar-refractivity contribution in [1.29, 1.82) is 0 Å². The summed E-state index contributed by atoms with van der Waals surface area (Å²) >= 11 is 3.86. The molecule has 0 aliphatic carbocycles. The van der Waals surface area contributed by atoms with Crippen LogP contribution in [0.2, 0.25) is 0 Å². The summed E-state index contributed by atoms with van der Waals surface area (Å²) in [6, 6.07) is 0. The minimum atomic E-state index is -2.91. The summed E-state index contributed by atoms with van der Waals surface area (Å²) in [6.07, 6.45) is 0.544. The summed E-state index contributed by atoms with van der Waals surface area (Å²) in [5, 5.41) is 0. The molecule has 76 valence electrons. The molecule has 0 saturated carbocycles. The Morgan fingerprint density at radius 1 is 1.31 bits per heavy atom. The van der Waals surface area contributed by atoms with E-state index in [1.165, 1.54) is 0 Å². The van der Waals surface area contributed by atoms with E-state index in [0.717, 1.165) is 0 Å². The first-order valence-electron chi connectivity index (χ1n) is 4.14. The van der Waals surface area contributed by atoms with Crippen LogP contribution in [0, 0.1) is 0 Å². The fourth-order valence-corrected chi connectivity index (χ4v) is 2.76. The van der Waals surface area contributed by atoms with Crippen LogP contribution >= 0.6 is 12.6 Å². The van der Waals surface area contributed by atoms with E-state index in [4.69, 9.17) is 0 Å². The molecule has 0 atom stereocenters. The van der Waals surface area contributed by atoms with Crippen molar-refractivity contribution in [1.82, 2.24) is 4.90 Å². The zero-order valence-electron chi connectivity index (χ0n) is 7.27. The monoisotopic (exact) mass is 223 g/mol. The number of carbonyl (C=O) groups excluding carboxylic acids is 1. The van der Waals surface area contributed by atoms with Crippen LogP contribution in [0.15, 0.2) is 0 Å². The molecule has 1 aliphatic heterocycles. The van der Waals surface area contributed by atoms with Gasteiger partial charge in [0, 0.05) is 13.1 Å². The minimum Gasteiger partial charge on any atom is -0.341 e. The second-order valence-electron chi connectivity index (χ2n) is 3.04. The Morgan fingerprint density at radius 2 is 2.00 bits per heavy atom. The molecule has 0 bridgehead atoms. The zero-order chi connectivity index (χ0) is 9.90. The molecule has 0 radical (unpaired) electrons. The van der Waals surface area contributed by atoms with Crippen LogP contribution in [0.5, 0.6) is 0 Å². The highest BCUT2D eigenvalue weighted by Gasteiger charge is 2.21. The van der Waals surface area contributed by atoms with Gasteiger partial charge in [-0.15, -0.1) is 0 Å². The number of amides is 1. The Hall–Kier alpha value is -0.230. The molecular formula is C7H13NO3S2. The van der Waals surface area contributed by atoms with Crippen LogP contribution in [0.25, 0.3) is 0 Å². The molecule has 13 heavy (non-hydrogen) atoms. The van der Waals surface area contributed by atoms with Gasteiger partial charge in [0.15, 0.2) is 9.84 Å². The second kappa shape index (κ2) is 4.32. The van der Waals surface area contributed by atoms with E-state index in [2.05, 4.69) is 12.6 Å². The molecule has 0 aromatic carbocycles. The highest BCUT2D eigenvalue weighted by molar-refractivity contribution is 7.91. The van der Waals surface area contributed by atoms with E-state index in [-0.39, 0.29) is 23.2 Å². The average molecular weight is 223 g/mol. The first-order valence-corrected chi connectivity index (χ1v) is 6.59. The summed E-state index contributed by atoms with van der Waals surface area (Å²) in [4.78, 5) is 12.8. The van der Waals surface area contributed by atoms with Gasteiger partial charge in [-0.25, -0.2) is 8.42 Å². The smallest absolute Gasteiger partial charge is 0.232 e. The molecule has 1 fully saturated rings. The minimum absolute atomic E-state index is 0.0829. The van der Waals surface area contributed by atoms with Crippen LogP contribution in [0.4, 0.5) is 0 Å². The Kier molecular flexibility index (Phi) is 3.61. The average Bonchev–Trinajstić information content (AvgIpc) is 2.25. The quantitative estimate of drug-likeness (QED) is 0.613. The van der Waals surface area contributed by atoms with E-state index in [1.807, 2.05) is 0 Å². The number of nitrogens with zero attached hydrogens (tertiary/aromatic N) is 1. The molecule has 0 aromatic rings. The molecule has 0 unspecified atom stereocenters. The predicted octanol–water partition coefficient (Wildman–Crippen LogP) is -0.437. The van der Waals surface area contributed by atoms with Crippen molar-refractivity contribution < 1.29 is 13.2 Å². The molecule has 4 nitrogen and oxygen atoms in total. The fraction of sp³-hybridized carbons (Fsp3) is 0.857. The Labute approximate surface area is 83.6 Å². The molecule has 0 spiro atoms. The van der Waals surface area contributed by atoms with Crippen molar-refractivity contribution in [3.63, 3.8) is 0 Å². The Balaban J connectivity index is 2.60. The lowest BCUT2D eigenvalue weighted by Gasteiger charge is -2.18. The van der Waals surface area contributed by atoms with E-state index in [1.54, 1.807) is 4.90 Å². The lowest BCUT2D eigenvalue weighted by Crippen LogP contribution is -2.34. The highest BCUT2D eigenvalue weighted by Crippen LogP contribution is 2.05. The maximum absolute atomic E-state index is 11.2. The van der Waals surface area contributed by atoms with Crippen LogP contribution < -0.4 is 0 Å². The van der Waals surface area contributed by atoms with Crippen LogP contribution in [-0.2, 0) is 14.6 Å². The van der Waals surface area contributed by atoms with E-state index >= 15 is 0 Å². The third-order valence-corrected chi connectivity index (χ3v) is 4.03.